The van der Waals surface area contributed by atoms with Crippen LogP contribution in [0, 0.1) is 5.92 Å². The molecule has 2 heterocycles. The number of pyridine rings is 1. The zero-order chi connectivity index (χ0) is 19.6. The van der Waals surface area contributed by atoms with Crippen molar-refractivity contribution in [1.29, 1.82) is 0 Å². The summed E-state index contributed by atoms with van der Waals surface area (Å²) in [4.78, 5) is 28.7. The number of ether oxygens (including phenoxy) is 2. The van der Waals surface area contributed by atoms with E-state index in [4.69, 9.17) is 15.2 Å². The number of rotatable bonds is 10. The molecule has 8 nitrogen and oxygen atoms in total. The van der Waals surface area contributed by atoms with Crippen molar-refractivity contribution in [2.75, 3.05) is 31.6 Å². The second-order valence-electron chi connectivity index (χ2n) is 6.86. The lowest BCUT2D eigenvalue weighted by molar-refractivity contribution is -0.127. The van der Waals surface area contributed by atoms with Gasteiger partial charge in [0.25, 0.3) is 11.8 Å². The number of carbonyl (C=O) groups is 2. The van der Waals surface area contributed by atoms with Crippen LogP contribution in [0.25, 0.3) is 0 Å². The molecule has 1 aliphatic rings. The van der Waals surface area contributed by atoms with E-state index in [0.29, 0.717) is 38.4 Å². The van der Waals surface area contributed by atoms with Gasteiger partial charge in [-0.1, -0.05) is 6.92 Å². The predicted molar refractivity (Wildman–Crippen MR) is 102 cm³/mol. The van der Waals surface area contributed by atoms with Crippen LogP contribution in [0.1, 0.15) is 43.6 Å². The van der Waals surface area contributed by atoms with Crippen LogP contribution in [-0.4, -0.2) is 55.3 Å². The van der Waals surface area contributed by atoms with Crippen LogP contribution in [0.5, 0.6) is 0 Å². The fraction of sp³-hybridized carbons (Fsp3) is 0.632. The molecular weight excluding hydrogens is 348 g/mol. The number of nitrogens with one attached hydrogen (secondary N) is 2. The summed E-state index contributed by atoms with van der Waals surface area (Å²) in [7, 11) is 0. The first kappa shape index (κ1) is 21.3. The van der Waals surface area contributed by atoms with Crippen molar-refractivity contribution in [2.24, 2.45) is 11.7 Å². The molecule has 1 fully saturated rings. The minimum atomic E-state index is -0.468. The highest BCUT2D eigenvalue weighted by Crippen LogP contribution is 2.26. The molecule has 3 atom stereocenters. The van der Waals surface area contributed by atoms with Crippen LogP contribution in [0.15, 0.2) is 18.3 Å². The topological polar surface area (TPSA) is 116 Å². The number of hydrogen-bond donors (Lipinski definition) is 3. The Hall–Kier alpha value is -2.03. The minimum Gasteiger partial charge on any atom is -0.381 e. The second kappa shape index (κ2) is 11.0. The molecule has 0 aliphatic carbocycles. The molecule has 1 aromatic heterocycles. The molecule has 2 rings (SSSR count). The SMILES string of the molecule is CC1CC(C)C(C(=O)Nc2ccnc(C(=O)NCCCOCCCN)c2)O1. The molecule has 0 radical (unpaired) electrons. The largest absolute Gasteiger partial charge is 0.381 e. The number of amides is 2. The molecular formula is C19H30N4O4. The standard InChI is InChI=1S/C19H30N4O4/c1-13-11-14(2)27-17(13)19(25)23-15-5-8-21-16(12-15)18(24)22-7-4-10-26-9-3-6-20/h5,8,12-14,17H,3-4,6-7,9-11,20H2,1-2H3,(H,22,24)(H,21,23,25). The molecule has 0 spiro atoms. The molecule has 27 heavy (non-hydrogen) atoms. The Morgan fingerprint density at radius 1 is 1.33 bits per heavy atom. The van der Waals surface area contributed by atoms with Gasteiger partial charge in [-0.2, -0.15) is 0 Å². The summed E-state index contributed by atoms with van der Waals surface area (Å²) in [5, 5.41) is 5.61. The van der Waals surface area contributed by atoms with E-state index in [-0.39, 0.29) is 29.5 Å². The normalized spacial score (nSPS) is 21.8. The maximum Gasteiger partial charge on any atom is 0.269 e. The van der Waals surface area contributed by atoms with Crippen LogP contribution in [0.4, 0.5) is 5.69 Å². The Bertz CT molecular complexity index is 625. The van der Waals surface area contributed by atoms with Crippen molar-refractivity contribution in [1.82, 2.24) is 10.3 Å². The lowest BCUT2D eigenvalue weighted by Gasteiger charge is -2.15. The van der Waals surface area contributed by atoms with Crippen LogP contribution in [0.2, 0.25) is 0 Å². The van der Waals surface area contributed by atoms with Gasteiger partial charge in [-0.3, -0.25) is 14.6 Å². The summed E-state index contributed by atoms with van der Waals surface area (Å²) in [5.74, 6) is -0.317. The fourth-order valence-electron chi connectivity index (χ4n) is 3.01. The number of nitrogens with two attached hydrogens (primary N) is 1. The van der Waals surface area contributed by atoms with E-state index in [1.807, 2.05) is 13.8 Å². The number of nitrogens with zero attached hydrogens (tertiary/aromatic N) is 1. The van der Waals surface area contributed by atoms with Crippen LogP contribution >= 0.6 is 0 Å². The van der Waals surface area contributed by atoms with Crippen molar-refractivity contribution in [2.45, 2.75) is 45.3 Å². The molecule has 1 aliphatic heterocycles. The van der Waals surface area contributed by atoms with E-state index in [9.17, 15) is 9.59 Å². The van der Waals surface area contributed by atoms with Crippen LogP contribution in [-0.2, 0) is 14.3 Å². The molecule has 1 saturated heterocycles. The quantitative estimate of drug-likeness (QED) is 0.529. The van der Waals surface area contributed by atoms with Gasteiger partial charge in [0.2, 0.25) is 0 Å². The van der Waals surface area contributed by atoms with Gasteiger partial charge in [0.15, 0.2) is 0 Å². The maximum atomic E-state index is 12.4. The van der Waals surface area contributed by atoms with Gasteiger partial charge in [-0.15, -0.1) is 0 Å². The average molecular weight is 378 g/mol. The van der Waals surface area contributed by atoms with Crippen molar-refractivity contribution in [3.05, 3.63) is 24.0 Å². The van der Waals surface area contributed by atoms with E-state index in [1.165, 1.54) is 6.20 Å². The predicted octanol–water partition coefficient (Wildman–Crippen LogP) is 1.32. The first-order valence-corrected chi connectivity index (χ1v) is 9.49. The van der Waals surface area contributed by atoms with Crippen molar-refractivity contribution in [3.63, 3.8) is 0 Å². The van der Waals surface area contributed by atoms with E-state index < -0.39 is 6.10 Å². The summed E-state index contributed by atoms with van der Waals surface area (Å²) < 4.78 is 11.0. The Morgan fingerprint density at radius 3 is 2.81 bits per heavy atom. The highest BCUT2D eigenvalue weighted by atomic mass is 16.5. The van der Waals surface area contributed by atoms with E-state index in [0.717, 1.165) is 12.8 Å². The van der Waals surface area contributed by atoms with Crippen molar-refractivity contribution < 1.29 is 19.1 Å². The van der Waals surface area contributed by atoms with Crippen LogP contribution < -0.4 is 16.4 Å². The van der Waals surface area contributed by atoms with Gasteiger partial charge in [-0.05, 0) is 50.8 Å². The highest BCUT2D eigenvalue weighted by Gasteiger charge is 2.35. The summed E-state index contributed by atoms with van der Waals surface area (Å²) in [5.41, 5.74) is 6.17. The molecule has 0 bridgehead atoms. The minimum absolute atomic E-state index is 0.0776. The molecule has 8 heteroatoms. The van der Waals surface area contributed by atoms with Gasteiger partial charge in [0.1, 0.15) is 11.8 Å². The summed E-state index contributed by atoms with van der Waals surface area (Å²) in [6, 6.07) is 3.22. The summed E-state index contributed by atoms with van der Waals surface area (Å²) in [6.07, 6.45) is 3.51. The van der Waals surface area contributed by atoms with Gasteiger partial charge in [0, 0.05) is 31.6 Å². The molecule has 150 valence electrons. The Labute approximate surface area is 160 Å². The zero-order valence-electron chi connectivity index (χ0n) is 16.1. The first-order chi connectivity index (χ1) is 13.0. The van der Waals surface area contributed by atoms with Gasteiger partial charge < -0.3 is 25.8 Å². The Morgan fingerprint density at radius 2 is 2.11 bits per heavy atom. The van der Waals surface area contributed by atoms with Crippen molar-refractivity contribution >= 4 is 17.5 Å². The molecule has 1 aromatic rings. The lowest BCUT2D eigenvalue weighted by Crippen LogP contribution is -2.32. The van der Waals surface area contributed by atoms with Crippen molar-refractivity contribution in [3.8, 4) is 0 Å². The molecule has 2 amide bonds. The number of carbonyl (C=O) groups excluding carboxylic acids is 2. The van der Waals surface area contributed by atoms with Gasteiger partial charge in [0.05, 0.1) is 6.10 Å². The zero-order valence-corrected chi connectivity index (χ0v) is 16.1. The lowest BCUT2D eigenvalue weighted by atomic mass is 10.0. The van der Waals surface area contributed by atoms with Gasteiger partial charge in [-0.25, -0.2) is 0 Å². The Kier molecular flexibility index (Phi) is 8.63. The smallest absolute Gasteiger partial charge is 0.269 e. The number of aromatic nitrogens is 1. The van der Waals surface area contributed by atoms with E-state index in [2.05, 4.69) is 15.6 Å². The third-order valence-electron chi connectivity index (χ3n) is 4.36. The summed E-state index contributed by atoms with van der Waals surface area (Å²) in [6.45, 7) is 6.27. The van der Waals surface area contributed by atoms with Gasteiger partial charge >= 0.3 is 0 Å². The maximum absolute atomic E-state index is 12.4. The average Bonchev–Trinajstić information content (AvgIpc) is 2.99. The Balaban J connectivity index is 1.78. The highest BCUT2D eigenvalue weighted by molar-refractivity contribution is 5.97. The molecule has 4 N–H and O–H groups in total. The fourth-order valence-corrected chi connectivity index (χ4v) is 3.01. The first-order valence-electron chi connectivity index (χ1n) is 9.49. The van der Waals surface area contributed by atoms with Crippen LogP contribution in [0.3, 0.4) is 0 Å². The number of hydrogen-bond acceptors (Lipinski definition) is 6. The molecule has 3 unspecified atom stereocenters. The molecule has 0 saturated carbocycles. The monoisotopic (exact) mass is 378 g/mol. The van der Waals surface area contributed by atoms with E-state index >= 15 is 0 Å². The van der Waals surface area contributed by atoms with E-state index in [1.54, 1.807) is 12.1 Å². The molecule has 0 aromatic carbocycles. The second-order valence-corrected chi connectivity index (χ2v) is 6.86. The third-order valence-corrected chi connectivity index (χ3v) is 4.36. The summed E-state index contributed by atoms with van der Waals surface area (Å²) >= 11 is 0. The number of anilines is 1. The third kappa shape index (κ3) is 6.89.